The molecular formula is C21H25N5O4S. The Balaban J connectivity index is 1.31. The van der Waals surface area contributed by atoms with E-state index in [9.17, 15) is 14.4 Å². The van der Waals surface area contributed by atoms with E-state index in [0.29, 0.717) is 57.9 Å². The van der Waals surface area contributed by atoms with Gasteiger partial charge in [-0.2, -0.15) is 0 Å². The van der Waals surface area contributed by atoms with Crippen molar-refractivity contribution in [3.8, 4) is 0 Å². The lowest BCUT2D eigenvalue weighted by atomic mass is 9.95. The molecule has 1 N–H and O–H groups in total. The maximum Gasteiger partial charge on any atom is 0.286 e. The van der Waals surface area contributed by atoms with Crippen molar-refractivity contribution in [2.24, 2.45) is 5.92 Å². The van der Waals surface area contributed by atoms with Gasteiger partial charge in [0, 0.05) is 37.8 Å². The van der Waals surface area contributed by atoms with Crippen LogP contribution in [0.25, 0.3) is 0 Å². The number of likely N-dealkylation sites (tertiary alicyclic amines) is 1. The van der Waals surface area contributed by atoms with E-state index in [0.717, 1.165) is 16.9 Å². The number of carbonyl (C=O) groups is 3. The monoisotopic (exact) mass is 443 g/mol. The smallest absolute Gasteiger partial charge is 0.286 e. The number of aromatic nitrogens is 2. The van der Waals surface area contributed by atoms with Gasteiger partial charge in [-0.25, -0.2) is 0 Å². The van der Waals surface area contributed by atoms with E-state index in [1.165, 1.54) is 0 Å². The quantitative estimate of drug-likeness (QED) is 0.773. The number of nitrogens with zero attached hydrogens (tertiary/aromatic N) is 4. The van der Waals surface area contributed by atoms with E-state index in [-0.39, 0.29) is 27.7 Å². The summed E-state index contributed by atoms with van der Waals surface area (Å²) in [5.74, 6) is -0.548. The number of morpholine rings is 1. The summed E-state index contributed by atoms with van der Waals surface area (Å²) in [6.07, 6.45) is 1.25. The van der Waals surface area contributed by atoms with Crippen LogP contribution in [-0.4, -0.2) is 77.1 Å². The number of anilines is 1. The van der Waals surface area contributed by atoms with Crippen molar-refractivity contribution in [2.45, 2.75) is 19.8 Å². The topological polar surface area (TPSA) is 105 Å². The second-order valence-electron chi connectivity index (χ2n) is 7.74. The molecule has 164 valence electrons. The van der Waals surface area contributed by atoms with E-state index >= 15 is 0 Å². The lowest BCUT2D eigenvalue weighted by molar-refractivity contribution is -0.141. The minimum atomic E-state index is -0.393. The molecule has 0 atom stereocenters. The third-order valence-corrected chi connectivity index (χ3v) is 6.48. The molecule has 4 rings (SSSR count). The normalized spacial score (nSPS) is 17.5. The van der Waals surface area contributed by atoms with E-state index in [1.807, 2.05) is 36.1 Å². The van der Waals surface area contributed by atoms with Crippen molar-refractivity contribution < 1.29 is 19.1 Å². The minimum Gasteiger partial charge on any atom is -0.378 e. The van der Waals surface area contributed by atoms with Gasteiger partial charge in [0.2, 0.25) is 15.9 Å². The van der Waals surface area contributed by atoms with Gasteiger partial charge in [0.15, 0.2) is 0 Å². The van der Waals surface area contributed by atoms with E-state index < -0.39 is 5.91 Å². The molecule has 0 bridgehead atoms. The molecule has 10 heteroatoms. The highest BCUT2D eigenvalue weighted by atomic mass is 32.1. The molecule has 0 saturated carbocycles. The van der Waals surface area contributed by atoms with Crippen LogP contribution in [0.4, 0.5) is 5.69 Å². The van der Waals surface area contributed by atoms with Gasteiger partial charge in [-0.3, -0.25) is 14.4 Å². The number of aryl methyl sites for hydroxylation is 1. The fraction of sp³-hybridized carbons (Fsp3) is 0.476. The number of rotatable bonds is 4. The number of carbonyl (C=O) groups excluding carboxylic acids is 3. The number of amides is 3. The number of hydrogen-bond acceptors (Lipinski definition) is 7. The molecule has 3 heterocycles. The first-order valence-corrected chi connectivity index (χ1v) is 11.2. The zero-order valence-electron chi connectivity index (χ0n) is 17.4. The Labute approximate surface area is 184 Å². The molecule has 0 unspecified atom stereocenters. The molecule has 0 spiro atoms. The van der Waals surface area contributed by atoms with Crippen molar-refractivity contribution in [3.63, 3.8) is 0 Å². The summed E-state index contributed by atoms with van der Waals surface area (Å²) < 4.78 is 5.30. The average molecular weight is 444 g/mol. The van der Waals surface area contributed by atoms with Gasteiger partial charge in [0.25, 0.3) is 11.8 Å². The highest BCUT2D eigenvalue weighted by Crippen LogP contribution is 2.23. The van der Waals surface area contributed by atoms with Crippen LogP contribution >= 0.6 is 11.3 Å². The first kappa shape index (κ1) is 21.4. The Hall–Kier alpha value is -2.85. The van der Waals surface area contributed by atoms with Gasteiger partial charge in [0.1, 0.15) is 0 Å². The Kier molecular flexibility index (Phi) is 6.57. The first-order valence-electron chi connectivity index (χ1n) is 10.4. The van der Waals surface area contributed by atoms with Crippen LogP contribution in [0.3, 0.4) is 0 Å². The largest absolute Gasteiger partial charge is 0.378 e. The third kappa shape index (κ3) is 5.08. The highest BCUT2D eigenvalue weighted by Gasteiger charge is 2.32. The van der Waals surface area contributed by atoms with Crippen molar-refractivity contribution in [2.75, 3.05) is 44.7 Å². The Morgan fingerprint density at radius 1 is 0.968 bits per heavy atom. The summed E-state index contributed by atoms with van der Waals surface area (Å²) in [5.41, 5.74) is 1.75. The molecule has 0 aliphatic carbocycles. The van der Waals surface area contributed by atoms with Gasteiger partial charge < -0.3 is 19.9 Å². The Morgan fingerprint density at radius 2 is 1.61 bits per heavy atom. The van der Waals surface area contributed by atoms with E-state index in [1.54, 1.807) is 4.90 Å². The second-order valence-corrected chi connectivity index (χ2v) is 8.71. The molecule has 2 aliphatic heterocycles. The Bertz CT molecular complexity index is 947. The number of piperidine rings is 1. The van der Waals surface area contributed by atoms with Crippen LogP contribution in [0.1, 0.15) is 38.0 Å². The van der Waals surface area contributed by atoms with Crippen molar-refractivity contribution in [3.05, 3.63) is 39.8 Å². The molecular weight excluding hydrogens is 418 g/mol. The van der Waals surface area contributed by atoms with Crippen LogP contribution < -0.4 is 5.32 Å². The van der Waals surface area contributed by atoms with E-state index in [2.05, 4.69) is 15.5 Å². The molecule has 1 aromatic carbocycles. The van der Waals surface area contributed by atoms with Crippen LogP contribution in [0.2, 0.25) is 0 Å². The van der Waals surface area contributed by atoms with Gasteiger partial charge in [-0.05, 0) is 31.9 Å². The lowest BCUT2D eigenvalue weighted by Crippen LogP contribution is -2.47. The Morgan fingerprint density at radius 3 is 2.29 bits per heavy atom. The van der Waals surface area contributed by atoms with Crippen LogP contribution in [0.5, 0.6) is 0 Å². The predicted octanol–water partition coefficient (Wildman–Crippen LogP) is 1.81. The molecule has 9 nitrogen and oxygen atoms in total. The summed E-state index contributed by atoms with van der Waals surface area (Å²) in [4.78, 5) is 41.4. The molecule has 2 aromatic rings. The third-order valence-electron chi connectivity index (χ3n) is 5.57. The fourth-order valence-electron chi connectivity index (χ4n) is 3.73. The molecule has 1 aromatic heterocycles. The van der Waals surface area contributed by atoms with Crippen molar-refractivity contribution in [1.29, 1.82) is 0 Å². The summed E-state index contributed by atoms with van der Waals surface area (Å²) in [7, 11) is 0. The van der Waals surface area contributed by atoms with Gasteiger partial charge in [-0.1, -0.05) is 29.0 Å². The van der Waals surface area contributed by atoms with Crippen molar-refractivity contribution >= 4 is 34.7 Å². The lowest BCUT2D eigenvalue weighted by Gasteiger charge is -2.35. The SMILES string of the molecule is Cc1ccc(NC(=O)c2nnc(C(=O)N3CCC(C(=O)N4CCOCC4)CC3)s2)cc1. The summed E-state index contributed by atoms with van der Waals surface area (Å²) in [6, 6.07) is 7.42. The van der Waals surface area contributed by atoms with Crippen LogP contribution in [0, 0.1) is 12.8 Å². The molecule has 2 saturated heterocycles. The van der Waals surface area contributed by atoms with Crippen LogP contribution in [-0.2, 0) is 9.53 Å². The summed E-state index contributed by atoms with van der Waals surface area (Å²) in [6.45, 7) is 5.38. The molecule has 0 radical (unpaired) electrons. The van der Waals surface area contributed by atoms with Crippen LogP contribution in [0.15, 0.2) is 24.3 Å². The second kappa shape index (κ2) is 9.52. The minimum absolute atomic E-state index is 0.0626. The fourth-order valence-corrected chi connectivity index (χ4v) is 4.44. The van der Waals surface area contributed by atoms with Gasteiger partial charge in [-0.15, -0.1) is 10.2 Å². The summed E-state index contributed by atoms with van der Waals surface area (Å²) >= 11 is 0.980. The summed E-state index contributed by atoms with van der Waals surface area (Å²) in [5, 5.41) is 10.9. The zero-order valence-corrected chi connectivity index (χ0v) is 18.2. The van der Waals surface area contributed by atoms with Gasteiger partial charge >= 0.3 is 0 Å². The first-order chi connectivity index (χ1) is 15.0. The standard InChI is InChI=1S/C21H25N5O4S/c1-14-2-4-16(5-3-14)22-17(27)18-23-24-19(31-18)21(29)25-8-6-15(7-9-25)20(28)26-10-12-30-13-11-26/h2-5,15H,6-13H2,1H3,(H,22,27). The average Bonchev–Trinajstić information content (AvgIpc) is 3.31. The van der Waals surface area contributed by atoms with Crippen molar-refractivity contribution in [1.82, 2.24) is 20.0 Å². The zero-order chi connectivity index (χ0) is 21.8. The molecule has 3 amide bonds. The number of nitrogens with one attached hydrogen (secondary N) is 1. The predicted molar refractivity (Wildman–Crippen MR) is 115 cm³/mol. The number of hydrogen-bond donors (Lipinski definition) is 1. The molecule has 2 aliphatic rings. The maximum absolute atomic E-state index is 12.8. The van der Waals surface area contributed by atoms with Gasteiger partial charge in [0.05, 0.1) is 13.2 Å². The number of benzene rings is 1. The molecule has 31 heavy (non-hydrogen) atoms. The van der Waals surface area contributed by atoms with E-state index in [4.69, 9.17) is 4.74 Å². The maximum atomic E-state index is 12.8. The molecule has 2 fully saturated rings. The number of ether oxygens (including phenoxy) is 1. The highest BCUT2D eigenvalue weighted by molar-refractivity contribution is 7.15.